The lowest BCUT2D eigenvalue weighted by Gasteiger charge is -2.38. The highest BCUT2D eigenvalue weighted by atomic mass is 79.9. The SMILES string of the molecule is O=C1[C@@H]2[C@H](C(=O)N1Cc1ccc(Br)cc1)[C@H]1C=C[C@H]2CC1. The van der Waals surface area contributed by atoms with Gasteiger partial charge in [-0.05, 0) is 42.4 Å². The van der Waals surface area contributed by atoms with E-state index in [0.717, 1.165) is 22.9 Å². The molecule has 4 aliphatic rings. The molecule has 1 aromatic carbocycles. The van der Waals surface area contributed by atoms with E-state index in [1.54, 1.807) is 0 Å². The number of hydrogen-bond acceptors (Lipinski definition) is 2. The fraction of sp³-hybridized carbons (Fsp3) is 0.412. The maximum atomic E-state index is 12.7. The van der Waals surface area contributed by atoms with Crippen LogP contribution in [0.15, 0.2) is 40.9 Å². The third-order valence-electron chi connectivity index (χ3n) is 5.10. The molecule has 1 saturated heterocycles. The topological polar surface area (TPSA) is 37.4 Å². The lowest BCUT2D eigenvalue weighted by atomic mass is 9.63. The van der Waals surface area contributed by atoms with Crippen LogP contribution in [-0.2, 0) is 16.1 Å². The summed E-state index contributed by atoms with van der Waals surface area (Å²) in [7, 11) is 0. The van der Waals surface area contributed by atoms with Crippen molar-refractivity contribution in [3.63, 3.8) is 0 Å². The molecule has 0 aromatic heterocycles. The van der Waals surface area contributed by atoms with Gasteiger partial charge < -0.3 is 0 Å². The van der Waals surface area contributed by atoms with Gasteiger partial charge in [-0.25, -0.2) is 0 Å². The standard InChI is InChI=1S/C17H16BrNO2/c18-13-7-1-10(2-8-13)9-19-16(20)14-11-3-4-12(6-5-11)15(14)17(19)21/h1-4,7-8,11-12,14-15H,5-6,9H2/t11-,12-,14-,15+/m0/s1. The van der Waals surface area contributed by atoms with Crippen molar-refractivity contribution in [1.82, 2.24) is 4.90 Å². The van der Waals surface area contributed by atoms with Crippen molar-refractivity contribution < 1.29 is 9.59 Å². The van der Waals surface area contributed by atoms with E-state index >= 15 is 0 Å². The summed E-state index contributed by atoms with van der Waals surface area (Å²) in [5.41, 5.74) is 0.999. The number of halogens is 1. The fourth-order valence-corrected chi connectivity index (χ4v) is 4.33. The molecule has 2 amide bonds. The van der Waals surface area contributed by atoms with Gasteiger partial charge in [-0.2, -0.15) is 0 Å². The van der Waals surface area contributed by atoms with Crippen LogP contribution in [0.25, 0.3) is 0 Å². The van der Waals surface area contributed by atoms with Crippen LogP contribution in [0.1, 0.15) is 18.4 Å². The van der Waals surface area contributed by atoms with Gasteiger partial charge in [0.2, 0.25) is 11.8 Å². The second-order valence-corrected chi connectivity index (χ2v) is 7.15. The fourth-order valence-electron chi connectivity index (χ4n) is 4.06. The van der Waals surface area contributed by atoms with E-state index in [1.807, 2.05) is 24.3 Å². The number of fused-ring (bicyclic) bond motifs is 1. The summed E-state index contributed by atoms with van der Waals surface area (Å²) in [6, 6.07) is 7.80. The Balaban J connectivity index is 1.61. The molecule has 0 spiro atoms. The molecule has 0 radical (unpaired) electrons. The van der Waals surface area contributed by atoms with Crippen LogP contribution < -0.4 is 0 Å². The lowest BCUT2D eigenvalue weighted by Crippen LogP contribution is -2.38. The third-order valence-corrected chi connectivity index (χ3v) is 5.63. The number of rotatable bonds is 2. The second kappa shape index (κ2) is 4.80. The number of likely N-dealkylation sites (tertiary alicyclic amines) is 1. The number of hydrogen-bond donors (Lipinski definition) is 0. The first-order valence-electron chi connectivity index (χ1n) is 7.43. The molecule has 108 valence electrons. The van der Waals surface area contributed by atoms with Crippen molar-refractivity contribution in [2.45, 2.75) is 19.4 Å². The number of nitrogens with zero attached hydrogens (tertiary/aromatic N) is 1. The lowest BCUT2D eigenvalue weighted by molar-refractivity contribution is -0.140. The summed E-state index contributed by atoms with van der Waals surface area (Å²) in [4.78, 5) is 26.8. The molecule has 1 heterocycles. The van der Waals surface area contributed by atoms with E-state index in [1.165, 1.54) is 4.90 Å². The predicted octanol–water partition coefficient (Wildman–Crippen LogP) is 3.15. The van der Waals surface area contributed by atoms with Crippen molar-refractivity contribution in [3.05, 3.63) is 46.5 Å². The first-order valence-corrected chi connectivity index (χ1v) is 8.22. The predicted molar refractivity (Wildman–Crippen MR) is 82.0 cm³/mol. The highest BCUT2D eigenvalue weighted by Gasteiger charge is 2.56. The van der Waals surface area contributed by atoms with Gasteiger partial charge in [0.1, 0.15) is 0 Å². The maximum Gasteiger partial charge on any atom is 0.234 e. The average molecular weight is 346 g/mol. The van der Waals surface area contributed by atoms with Crippen LogP contribution in [0.4, 0.5) is 0 Å². The third kappa shape index (κ3) is 2.00. The van der Waals surface area contributed by atoms with Gasteiger partial charge in [0, 0.05) is 4.47 Å². The maximum absolute atomic E-state index is 12.7. The molecule has 4 heteroatoms. The summed E-state index contributed by atoms with van der Waals surface area (Å²) >= 11 is 3.40. The number of benzene rings is 1. The van der Waals surface area contributed by atoms with Crippen LogP contribution >= 0.6 is 15.9 Å². The number of carbonyl (C=O) groups is 2. The Morgan fingerprint density at radius 3 is 1.95 bits per heavy atom. The van der Waals surface area contributed by atoms with Crippen LogP contribution in [0.2, 0.25) is 0 Å². The first kappa shape index (κ1) is 13.3. The molecule has 21 heavy (non-hydrogen) atoms. The summed E-state index contributed by atoms with van der Waals surface area (Å²) in [6.45, 7) is 0.400. The molecule has 5 rings (SSSR count). The molecule has 2 bridgehead atoms. The molecule has 1 saturated carbocycles. The largest absolute Gasteiger partial charge is 0.278 e. The van der Waals surface area contributed by atoms with Crippen molar-refractivity contribution in [2.75, 3.05) is 0 Å². The zero-order valence-corrected chi connectivity index (χ0v) is 13.1. The van der Waals surface area contributed by atoms with Crippen molar-refractivity contribution in [2.24, 2.45) is 23.7 Å². The van der Waals surface area contributed by atoms with E-state index < -0.39 is 0 Å². The summed E-state index contributed by atoms with van der Waals surface area (Å²) < 4.78 is 1.00. The molecular formula is C17H16BrNO2. The molecule has 2 fully saturated rings. The number of amides is 2. The van der Waals surface area contributed by atoms with Crippen LogP contribution in [0.3, 0.4) is 0 Å². The quantitative estimate of drug-likeness (QED) is 0.609. The Labute approximate surface area is 132 Å². The Bertz CT molecular complexity index is 605. The Kier molecular flexibility index (Phi) is 3.03. The van der Waals surface area contributed by atoms with E-state index in [0.29, 0.717) is 6.54 Å². The molecule has 4 atom stereocenters. The number of imide groups is 1. The molecular weight excluding hydrogens is 330 g/mol. The Hall–Kier alpha value is -1.42. The molecule has 3 aliphatic carbocycles. The first-order chi connectivity index (χ1) is 10.1. The van der Waals surface area contributed by atoms with Crippen LogP contribution in [0, 0.1) is 23.7 Å². The number of allylic oxidation sites excluding steroid dienone is 2. The Morgan fingerprint density at radius 2 is 1.48 bits per heavy atom. The van der Waals surface area contributed by atoms with Gasteiger partial charge in [-0.15, -0.1) is 0 Å². The van der Waals surface area contributed by atoms with Gasteiger partial charge in [0.25, 0.3) is 0 Å². The summed E-state index contributed by atoms with van der Waals surface area (Å²) in [5.74, 6) is 0.407. The smallest absolute Gasteiger partial charge is 0.234 e. The van der Waals surface area contributed by atoms with E-state index in [9.17, 15) is 9.59 Å². The second-order valence-electron chi connectivity index (χ2n) is 6.23. The van der Waals surface area contributed by atoms with E-state index in [-0.39, 0.29) is 35.5 Å². The van der Waals surface area contributed by atoms with Gasteiger partial charge in [0.15, 0.2) is 0 Å². The molecule has 0 unspecified atom stereocenters. The Morgan fingerprint density at radius 1 is 0.952 bits per heavy atom. The highest BCUT2D eigenvalue weighted by Crippen LogP contribution is 2.49. The average Bonchev–Trinajstić information content (AvgIpc) is 2.78. The van der Waals surface area contributed by atoms with E-state index in [4.69, 9.17) is 0 Å². The van der Waals surface area contributed by atoms with Crippen LogP contribution in [-0.4, -0.2) is 16.7 Å². The van der Waals surface area contributed by atoms with Crippen molar-refractivity contribution in [3.8, 4) is 0 Å². The number of carbonyl (C=O) groups excluding carboxylic acids is 2. The molecule has 1 aromatic rings. The summed E-state index contributed by atoms with van der Waals surface area (Å²) in [5, 5.41) is 0. The van der Waals surface area contributed by atoms with Crippen molar-refractivity contribution in [1.29, 1.82) is 0 Å². The minimum Gasteiger partial charge on any atom is -0.278 e. The van der Waals surface area contributed by atoms with Gasteiger partial charge in [-0.3, -0.25) is 14.5 Å². The highest BCUT2D eigenvalue weighted by molar-refractivity contribution is 9.10. The van der Waals surface area contributed by atoms with Gasteiger partial charge in [-0.1, -0.05) is 40.2 Å². The zero-order chi connectivity index (χ0) is 14.6. The molecule has 3 nitrogen and oxygen atoms in total. The zero-order valence-electron chi connectivity index (χ0n) is 11.5. The van der Waals surface area contributed by atoms with E-state index in [2.05, 4.69) is 28.1 Å². The minimum absolute atomic E-state index is 0.0342. The van der Waals surface area contributed by atoms with Gasteiger partial charge in [0.05, 0.1) is 18.4 Å². The minimum atomic E-state index is -0.100. The molecule has 0 N–H and O–H groups in total. The summed E-state index contributed by atoms with van der Waals surface area (Å²) in [6.07, 6.45) is 6.41. The van der Waals surface area contributed by atoms with Gasteiger partial charge >= 0.3 is 0 Å². The molecule has 1 aliphatic heterocycles. The van der Waals surface area contributed by atoms with Crippen molar-refractivity contribution >= 4 is 27.7 Å². The normalized spacial score (nSPS) is 33.7. The van der Waals surface area contributed by atoms with Crippen LogP contribution in [0.5, 0.6) is 0 Å². The monoisotopic (exact) mass is 345 g/mol.